The monoisotopic (exact) mass is 390 g/mol. The van der Waals surface area contributed by atoms with Crippen LogP contribution < -0.4 is 10.1 Å². The first-order valence-electron chi connectivity index (χ1n) is 8.81. The molecule has 7 heteroatoms. The zero-order chi connectivity index (χ0) is 20.2. The third kappa shape index (κ3) is 4.48. The van der Waals surface area contributed by atoms with Crippen molar-refractivity contribution < 1.29 is 17.9 Å². The van der Waals surface area contributed by atoms with Crippen LogP contribution in [0.15, 0.2) is 41.3 Å². The topological polar surface area (TPSA) is 75.7 Å². The van der Waals surface area contributed by atoms with Crippen LogP contribution in [-0.4, -0.2) is 38.8 Å². The summed E-state index contributed by atoms with van der Waals surface area (Å²) < 4.78 is 32.2. The van der Waals surface area contributed by atoms with E-state index in [0.29, 0.717) is 30.1 Å². The summed E-state index contributed by atoms with van der Waals surface area (Å²) in [5.74, 6) is 0.0690. The van der Waals surface area contributed by atoms with Crippen LogP contribution in [0.1, 0.15) is 35.3 Å². The van der Waals surface area contributed by atoms with Crippen LogP contribution in [0, 0.1) is 13.8 Å². The predicted molar refractivity (Wildman–Crippen MR) is 107 cm³/mol. The van der Waals surface area contributed by atoms with Gasteiger partial charge in [-0.3, -0.25) is 4.79 Å². The summed E-state index contributed by atoms with van der Waals surface area (Å²) >= 11 is 0. The molecule has 0 radical (unpaired) electrons. The molecule has 0 aliphatic rings. The first-order chi connectivity index (χ1) is 12.7. The van der Waals surface area contributed by atoms with Gasteiger partial charge >= 0.3 is 0 Å². The number of hydrogen-bond acceptors (Lipinski definition) is 4. The number of anilines is 1. The summed E-state index contributed by atoms with van der Waals surface area (Å²) in [5.41, 5.74) is 2.91. The van der Waals surface area contributed by atoms with Gasteiger partial charge in [-0.1, -0.05) is 19.9 Å². The van der Waals surface area contributed by atoms with Crippen LogP contribution >= 0.6 is 0 Å². The number of hydrogen-bond donors (Lipinski definition) is 1. The molecule has 0 spiro atoms. The van der Waals surface area contributed by atoms with Gasteiger partial charge in [0.15, 0.2) is 0 Å². The van der Waals surface area contributed by atoms with Crippen molar-refractivity contribution in [2.75, 3.05) is 25.5 Å². The SMILES string of the molecule is CCN(CC)S(=O)(=O)c1ccc(OC)c(NC(=O)c2ccc(C)c(C)c2)c1. The third-order valence-corrected chi connectivity index (χ3v) is 6.58. The Hall–Kier alpha value is -2.38. The number of amides is 1. The molecule has 0 saturated carbocycles. The number of sulfonamides is 1. The van der Waals surface area contributed by atoms with Gasteiger partial charge in [0.25, 0.3) is 5.91 Å². The Morgan fingerprint density at radius 2 is 1.70 bits per heavy atom. The maximum Gasteiger partial charge on any atom is 0.255 e. The van der Waals surface area contributed by atoms with Gasteiger partial charge in [-0.05, 0) is 55.3 Å². The average molecular weight is 391 g/mol. The molecule has 2 rings (SSSR count). The molecule has 1 N–H and O–H groups in total. The minimum absolute atomic E-state index is 0.113. The summed E-state index contributed by atoms with van der Waals surface area (Å²) in [4.78, 5) is 12.7. The lowest BCUT2D eigenvalue weighted by molar-refractivity contribution is 0.102. The van der Waals surface area contributed by atoms with Gasteiger partial charge in [0.2, 0.25) is 10.0 Å². The minimum Gasteiger partial charge on any atom is -0.495 e. The van der Waals surface area contributed by atoms with Gasteiger partial charge in [-0.2, -0.15) is 4.31 Å². The lowest BCUT2D eigenvalue weighted by Crippen LogP contribution is -2.30. The minimum atomic E-state index is -3.63. The standard InChI is InChI=1S/C20H26N2O4S/c1-6-22(7-2)27(24,25)17-10-11-19(26-5)18(13-17)21-20(23)16-9-8-14(3)15(4)12-16/h8-13H,6-7H2,1-5H3,(H,21,23). The Morgan fingerprint density at radius 3 is 2.26 bits per heavy atom. The molecule has 2 aromatic carbocycles. The van der Waals surface area contributed by atoms with E-state index in [4.69, 9.17) is 4.74 Å². The highest BCUT2D eigenvalue weighted by Gasteiger charge is 2.23. The highest BCUT2D eigenvalue weighted by Crippen LogP contribution is 2.29. The number of rotatable bonds is 7. The zero-order valence-electron chi connectivity index (χ0n) is 16.4. The van der Waals surface area contributed by atoms with E-state index in [1.54, 1.807) is 32.0 Å². The van der Waals surface area contributed by atoms with Crippen molar-refractivity contribution in [3.05, 3.63) is 53.1 Å². The largest absolute Gasteiger partial charge is 0.495 e. The van der Waals surface area contributed by atoms with Gasteiger partial charge in [0.1, 0.15) is 5.75 Å². The average Bonchev–Trinajstić information content (AvgIpc) is 2.64. The second-order valence-electron chi connectivity index (χ2n) is 6.20. The fraction of sp³-hybridized carbons (Fsp3) is 0.350. The smallest absolute Gasteiger partial charge is 0.255 e. The van der Waals surface area contributed by atoms with E-state index in [1.165, 1.54) is 23.5 Å². The van der Waals surface area contributed by atoms with E-state index in [2.05, 4.69) is 5.32 Å². The maximum atomic E-state index is 12.8. The van der Waals surface area contributed by atoms with Crippen molar-refractivity contribution in [1.29, 1.82) is 0 Å². The Bertz CT molecular complexity index is 935. The summed E-state index contributed by atoms with van der Waals surface area (Å²) in [6.07, 6.45) is 0. The molecule has 0 saturated heterocycles. The van der Waals surface area contributed by atoms with Crippen molar-refractivity contribution in [3.63, 3.8) is 0 Å². The van der Waals surface area contributed by atoms with Crippen LogP contribution in [-0.2, 0) is 10.0 Å². The van der Waals surface area contributed by atoms with Crippen LogP contribution in [0.25, 0.3) is 0 Å². The maximum absolute atomic E-state index is 12.8. The fourth-order valence-corrected chi connectivity index (χ4v) is 4.22. The molecule has 6 nitrogen and oxygen atoms in total. The van der Waals surface area contributed by atoms with E-state index in [9.17, 15) is 13.2 Å². The van der Waals surface area contributed by atoms with Crippen LogP contribution in [0.2, 0.25) is 0 Å². The molecule has 2 aromatic rings. The van der Waals surface area contributed by atoms with Gasteiger partial charge < -0.3 is 10.1 Å². The van der Waals surface area contributed by atoms with E-state index >= 15 is 0 Å². The molecule has 27 heavy (non-hydrogen) atoms. The van der Waals surface area contributed by atoms with Crippen molar-refractivity contribution in [2.24, 2.45) is 0 Å². The van der Waals surface area contributed by atoms with Gasteiger partial charge in [0.05, 0.1) is 17.7 Å². The van der Waals surface area contributed by atoms with Crippen LogP contribution in [0.3, 0.4) is 0 Å². The molecule has 0 bridgehead atoms. The lowest BCUT2D eigenvalue weighted by Gasteiger charge is -2.19. The molecule has 0 aromatic heterocycles. The van der Waals surface area contributed by atoms with Crippen molar-refractivity contribution in [2.45, 2.75) is 32.6 Å². The van der Waals surface area contributed by atoms with Crippen LogP contribution in [0.5, 0.6) is 5.75 Å². The Labute approximate surface area is 161 Å². The van der Waals surface area contributed by atoms with Crippen molar-refractivity contribution in [3.8, 4) is 5.75 Å². The normalized spacial score (nSPS) is 11.5. The summed E-state index contributed by atoms with van der Waals surface area (Å²) in [6, 6.07) is 9.88. The highest BCUT2D eigenvalue weighted by atomic mass is 32.2. The van der Waals surface area contributed by atoms with E-state index < -0.39 is 10.0 Å². The van der Waals surface area contributed by atoms with Gasteiger partial charge in [-0.15, -0.1) is 0 Å². The Balaban J connectivity index is 2.40. The Morgan fingerprint density at radius 1 is 1.04 bits per heavy atom. The molecule has 0 fully saturated rings. The molecular formula is C20H26N2O4S. The van der Waals surface area contributed by atoms with Gasteiger partial charge in [-0.25, -0.2) is 8.42 Å². The molecule has 0 aliphatic carbocycles. The lowest BCUT2D eigenvalue weighted by atomic mass is 10.1. The first kappa shape index (κ1) is 20.9. The molecule has 146 valence electrons. The second-order valence-corrected chi connectivity index (χ2v) is 8.14. The quantitative estimate of drug-likeness (QED) is 0.784. The number of carbonyl (C=O) groups excluding carboxylic acids is 1. The van der Waals surface area contributed by atoms with Crippen molar-refractivity contribution in [1.82, 2.24) is 4.31 Å². The number of ether oxygens (including phenoxy) is 1. The summed E-state index contributed by atoms with van der Waals surface area (Å²) in [5, 5.41) is 2.76. The van der Waals surface area contributed by atoms with E-state index in [0.717, 1.165) is 11.1 Å². The first-order valence-corrected chi connectivity index (χ1v) is 10.2. The Kier molecular flexibility index (Phi) is 6.62. The third-order valence-electron chi connectivity index (χ3n) is 4.53. The molecule has 0 unspecified atom stereocenters. The molecule has 0 atom stereocenters. The number of aryl methyl sites for hydroxylation is 2. The molecule has 1 amide bonds. The highest BCUT2D eigenvalue weighted by molar-refractivity contribution is 7.89. The summed E-state index contributed by atoms with van der Waals surface area (Å²) in [6.45, 7) is 8.22. The van der Waals surface area contributed by atoms with E-state index in [1.807, 2.05) is 19.9 Å². The van der Waals surface area contributed by atoms with Crippen LogP contribution in [0.4, 0.5) is 5.69 Å². The number of methoxy groups -OCH3 is 1. The fourth-order valence-electron chi connectivity index (χ4n) is 2.73. The number of carbonyl (C=O) groups is 1. The molecule has 0 heterocycles. The number of nitrogens with one attached hydrogen (secondary N) is 1. The molecule has 0 aliphatic heterocycles. The summed E-state index contributed by atoms with van der Waals surface area (Å²) in [7, 11) is -2.16. The number of benzene rings is 2. The van der Waals surface area contributed by atoms with E-state index in [-0.39, 0.29) is 10.8 Å². The zero-order valence-corrected chi connectivity index (χ0v) is 17.2. The molecular weight excluding hydrogens is 364 g/mol. The second kappa shape index (κ2) is 8.54. The predicted octanol–water partition coefficient (Wildman–Crippen LogP) is 3.59. The van der Waals surface area contributed by atoms with Gasteiger partial charge in [0, 0.05) is 18.7 Å². The number of nitrogens with zero attached hydrogens (tertiary/aromatic N) is 1. The van der Waals surface area contributed by atoms with Crippen molar-refractivity contribution >= 4 is 21.6 Å².